The van der Waals surface area contributed by atoms with E-state index in [0.717, 1.165) is 104 Å². The first-order valence-electron chi connectivity index (χ1n) is 17.9. The first kappa shape index (κ1) is 35.3. The van der Waals surface area contributed by atoms with Crippen molar-refractivity contribution in [1.29, 1.82) is 0 Å². The van der Waals surface area contributed by atoms with Gasteiger partial charge >= 0.3 is 0 Å². The van der Waals surface area contributed by atoms with Crippen LogP contribution >= 0.6 is 0 Å². The summed E-state index contributed by atoms with van der Waals surface area (Å²) in [4.78, 5) is 0. The fourth-order valence-corrected chi connectivity index (χ4v) is 6.63. The maximum Gasteiger partial charge on any atom is 0.126 e. The molecule has 0 amide bonds. The molecule has 0 aromatic heterocycles. The van der Waals surface area contributed by atoms with Gasteiger partial charge in [0, 0.05) is 38.8 Å². The first-order chi connectivity index (χ1) is 23.5. The molecule has 6 nitrogen and oxygen atoms in total. The molecule has 4 N–H and O–H groups in total. The number of hydrogen-bond acceptors (Lipinski definition) is 6. The Bertz CT molecular complexity index is 1450. The van der Waals surface area contributed by atoms with E-state index < -0.39 is 0 Å². The van der Waals surface area contributed by atoms with Crippen molar-refractivity contribution >= 4 is 0 Å². The molecule has 256 valence electrons. The summed E-state index contributed by atoms with van der Waals surface area (Å²) in [6.45, 7) is 12.0. The molecule has 0 fully saturated rings. The molecular weight excluding hydrogens is 596 g/mol. The van der Waals surface area contributed by atoms with Crippen molar-refractivity contribution in [1.82, 2.24) is 0 Å². The molecule has 0 spiro atoms. The fourth-order valence-electron chi connectivity index (χ4n) is 6.63. The molecule has 0 heterocycles. The van der Waals surface area contributed by atoms with Gasteiger partial charge in [-0.2, -0.15) is 0 Å². The van der Waals surface area contributed by atoms with Crippen LogP contribution in [0.3, 0.4) is 0 Å². The lowest BCUT2D eigenvalue weighted by Crippen LogP contribution is -2.11. The molecule has 0 radical (unpaired) electrons. The van der Waals surface area contributed by atoms with Gasteiger partial charge in [-0.25, -0.2) is 0 Å². The molecule has 4 aromatic carbocycles. The minimum atomic E-state index is 0.450. The van der Waals surface area contributed by atoms with Crippen molar-refractivity contribution in [2.75, 3.05) is 26.4 Å². The zero-order chi connectivity index (χ0) is 33.9. The highest BCUT2D eigenvalue weighted by atomic mass is 16.5. The molecule has 0 saturated heterocycles. The lowest BCUT2D eigenvalue weighted by molar-refractivity contribution is 0.304. The van der Waals surface area contributed by atoms with Crippen LogP contribution < -0.4 is 30.4 Å². The third kappa shape index (κ3) is 8.34. The van der Waals surface area contributed by atoms with E-state index in [-0.39, 0.29) is 0 Å². The summed E-state index contributed by atoms with van der Waals surface area (Å²) in [6.07, 6.45) is 6.34. The van der Waals surface area contributed by atoms with E-state index in [9.17, 15) is 0 Å². The van der Waals surface area contributed by atoms with Crippen LogP contribution in [0.5, 0.6) is 23.0 Å². The van der Waals surface area contributed by atoms with E-state index >= 15 is 0 Å². The van der Waals surface area contributed by atoms with Gasteiger partial charge in [0.05, 0.1) is 26.4 Å². The summed E-state index contributed by atoms with van der Waals surface area (Å²) in [7, 11) is 0. The molecule has 0 aliphatic heterocycles. The monoisotopic (exact) mass is 650 g/mol. The van der Waals surface area contributed by atoms with Gasteiger partial charge in [-0.15, -0.1) is 0 Å². The summed E-state index contributed by atoms with van der Waals surface area (Å²) < 4.78 is 26.4. The molecule has 48 heavy (non-hydrogen) atoms. The minimum Gasteiger partial charge on any atom is -0.493 e. The van der Waals surface area contributed by atoms with Crippen LogP contribution in [0.1, 0.15) is 109 Å². The van der Waals surface area contributed by atoms with E-state index in [4.69, 9.17) is 30.4 Å². The number of nitrogens with two attached hydrogens (primary N) is 2. The van der Waals surface area contributed by atoms with Gasteiger partial charge in [0.2, 0.25) is 0 Å². The van der Waals surface area contributed by atoms with Crippen molar-refractivity contribution in [3.8, 4) is 23.0 Å². The summed E-state index contributed by atoms with van der Waals surface area (Å²) in [5.41, 5.74) is 23.9. The maximum atomic E-state index is 6.61. The van der Waals surface area contributed by atoms with Crippen LogP contribution in [0.25, 0.3) is 0 Å². The van der Waals surface area contributed by atoms with E-state index in [1.165, 1.54) is 0 Å². The van der Waals surface area contributed by atoms with Crippen molar-refractivity contribution in [3.05, 3.63) is 116 Å². The lowest BCUT2D eigenvalue weighted by atomic mass is 9.89. The quantitative estimate of drug-likeness (QED) is 0.125. The van der Waals surface area contributed by atoms with Crippen molar-refractivity contribution < 1.29 is 18.9 Å². The predicted molar refractivity (Wildman–Crippen MR) is 196 cm³/mol. The number of hydrogen-bond donors (Lipinski definition) is 2. The van der Waals surface area contributed by atoms with Crippen LogP contribution in [-0.2, 0) is 38.8 Å². The summed E-state index contributed by atoms with van der Waals surface area (Å²) >= 11 is 0. The van der Waals surface area contributed by atoms with Crippen LogP contribution in [0.4, 0.5) is 0 Å². The van der Waals surface area contributed by atoms with Gasteiger partial charge in [0.15, 0.2) is 0 Å². The highest BCUT2D eigenvalue weighted by Crippen LogP contribution is 2.40. The second-order valence-electron chi connectivity index (χ2n) is 12.8. The van der Waals surface area contributed by atoms with Gasteiger partial charge in [-0.05, 0) is 81.3 Å². The number of rotatable bonds is 14. The minimum absolute atomic E-state index is 0.450. The van der Waals surface area contributed by atoms with Crippen LogP contribution in [0.2, 0.25) is 0 Å². The van der Waals surface area contributed by atoms with Gasteiger partial charge in [-0.3, -0.25) is 0 Å². The van der Waals surface area contributed by atoms with Crippen molar-refractivity contribution in [3.63, 3.8) is 0 Å². The zero-order valence-corrected chi connectivity index (χ0v) is 29.5. The summed E-state index contributed by atoms with van der Waals surface area (Å²) in [6, 6.07) is 21.9. The third-order valence-corrected chi connectivity index (χ3v) is 8.76. The molecular formula is C42H54N2O4. The Morgan fingerprint density at radius 2 is 0.667 bits per heavy atom. The molecule has 0 unspecified atom stereocenters. The average Bonchev–Trinajstić information content (AvgIpc) is 3.09. The van der Waals surface area contributed by atoms with E-state index in [1.54, 1.807) is 0 Å². The Morgan fingerprint density at radius 1 is 0.417 bits per heavy atom. The van der Waals surface area contributed by atoms with Gasteiger partial charge < -0.3 is 30.4 Å². The van der Waals surface area contributed by atoms with Crippen molar-refractivity contribution in [2.24, 2.45) is 11.5 Å². The van der Waals surface area contributed by atoms with Crippen LogP contribution in [0.15, 0.2) is 60.7 Å². The SMILES string of the molecule is CCCOc1c2cccc1Cc1cc(CN)cc(c1OCCC)Cc1cccc(c1OCCC)Cc1cc(CN)cc(c1OCCC)C2. The highest BCUT2D eigenvalue weighted by Gasteiger charge is 2.23. The largest absolute Gasteiger partial charge is 0.493 e. The van der Waals surface area contributed by atoms with E-state index in [0.29, 0.717) is 65.2 Å². The van der Waals surface area contributed by atoms with E-state index in [1.807, 2.05) is 0 Å². The Morgan fingerprint density at radius 3 is 0.896 bits per heavy atom. The Kier molecular flexibility index (Phi) is 12.8. The second kappa shape index (κ2) is 17.4. The van der Waals surface area contributed by atoms with Crippen molar-refractivity contribution in [2.45, 2.75) is 92.2 Å². The Balaban J connectivity index is 1.81. The zero-order valence-electron chi connectivity index (χ0n) is 29.5. The Labute approximate surface area is 287 Å². The van der Waals surface area contributed by atoms with Gasteiger partial charge in [-0.1, -0.05) is 88.4 Å². The standard InChI is InChI=1S/C42H54N2O4/c1-5-15-45-39-31-11-9-12-32(39)24-36-20-30(28-44)22-38(42(36)48-18-8-4)26-34-14-10-13-33(40(34)46-16-6-2)25-37-21-29(27-43)19-35(23-31)41(37)47-17-7-3/h9-14,19-22H,5-8,15-18,23-28,43-44H2,1-4H3. The second-order valence-corrected chi connectivity index (χ2v) is 12.8. The molecule has 6 heteroatoms. The smallest absolute Gasteiger partial charge is 0.126 e. The number of para-hydroxylation sites is 2. The van der Waals surface area contributed by atoms with Gasteiger partial charge in [0.25, 0.3) is 0 Å². The molecule has 0 atom stereocenters. The normalized spacial score (nSPS) is 12.5. The Hall–Kier alpha value is -4.00. The number of ether oxygens (including phenoxy) is 4. The molecule has 8 bridgehead atoms. The fraction of sp³-hybridized carbons (Fsp3) is 0.429. The average molecular weight is 651 g/mol. The lowest BCUT2D eigenvalue weighted by Gasteiger charge is -2.23. The third-order valence-electron chi connectivity index (χ3n) is 8.76. The first-order valence-corrected chi connectivity index (χ1v) is 17.9. The molecule has 5 rings (SSSR count). The maximum absolute atomic E-state index is 6.61. The molecule has 4 aromatic rings. The molecule has 1 aliphatic carbocycles. The van der Waals surface area contributed by atoms with E-state index in [2.05, 4.69) is 88.4 Å². The topological polar surface area (TPSA) is 89.0 Å². The summed E-state index contributed by atoms with van der Waals surface area (Å²) in [5, 5.41) is 0. The predicted octanol–water partition coefficient (Wildman–Crippen LogP) is 8.44. The van der Waals surface area contributed by atoms with Crippen LogP contribution in [-0.4, -0.2) is 26.4 Å². The number of benzene rings is 4. The highest BCUT2D eigenvalue weighted by molar-refractivity contribution is 5.57. The van der Waals surface area contributed by atoms with Gasteiger partial charge in [0.1, 0.15) is 23.0 Å². The molecule has 1 aliphatic rings. The molecule has 0 saturated carbocycles. The van der Waals surface area contributed by atoms with Crippen LogP contribution in [0, 0.1) is 0 Å². The number of fused-ring (bicyclic) bond motifs is 8. The summed E-state index contributed by atoms with van der Waals surface area (Å²) in [5.74, 6) is 3.75.